The molecule has 0 aliphatic carbocycles. The van der Waals surface area contributed by atoms with Gasteiger partial charge >= 0.3 is 6.09 Å². The molecule has 1 aliphatic rings. The van der Waals surface area contributed by atoms with E-state index in [9.17, 15) is 23.9 Å². The molecule has 3 aromatic carbocycles. The molecule has 0 bridgehead atoms. The number of Topliss-reactive ketones (excluding diaryl/α,β-unsaturated/α-hetero) is 1. The van der Waals surface area contributed by atoms with E-state index in [0.717, 1.165) is 19.3 Å². The maximum atomic E-state index is 13.7. The molecule has 2 amide bonds. The van der Waals surface area contributed by atoms with Gasteiger partial charge in [-0.3, -0.25) is 14.9 Å². The molecule has 1 atom stereocenters. The van der Waals surface area contributed by atoms with Crippen LogP contribution in [0.5, 0.6) is 0 Å². The topological polar surface area (TPSA) is 132 Å². The van der Waals surface area contributed by atoms with E-state index in [1.165, 1.54) is 12.1 Å². The molecular weight excluding hydrogens is 543 g/mol. The van der Waals surface area contributed by atoms with Crippen LogP contribution in [0.15, 0.2) is 79.4 Å². The number of amides is 2. The number of hydrogen-bond donors (Lipinski definition) is 3. The molecule has 11 heteroatoms. The SMILES string of the molecule is O=C(O)Nc1cc(COC2CCCCO2)c(-c2ccc(F)cc2)cc1NC(=O)CC(=O)c1cccc(-n2ccnc2)c1. The first-order valence-electron chi connectivity index (χ1n) is 13.4. The first-order valence-corrected chi connectivity index (χ1v) is 13.4. The van der Waals surface area contributed by atoms with E-state index in [-0.39, 0.29) is 18.0 Å². The van der Waals surface area contributed by atoms with Crippen molar-refractivity contribution in [2.75, 3.05) is 17.2 Å². The van der Waals surface area contributed by atoms with E-state index in [1.54, 1.807) is 65.8 Å². The average Bonchev–Trinajstić information content (AvgIpc) is 3.53. The number of anilines is 2. The van der Waals surface area contributed by atoms with E-state index in [1.807, 2.05) is 6.07 Å². The molecule has 1 fully saturated rings. The molecule has 4 aromatic rings. The van der Waals surface area contributed by atoms with Gasteiger partial charge in [0.2, 0.25) is 5.91 Å². The van der Waals surface area contributed by atoms with Gasteiger partial charge in [-0.05, 0) is 72.4 Å². The lowest BCUT2D eigenvalue weighted by Gasteiger charge is -2.24. The van der Waals surface area contributed by atoms with Crippen molar-refractivity contribution in [1.29, 1.82) is 0 Å². The van der Waals surface area contributed by atoms with Crippen LogP contribution in [-0.4, -0.2) is 45.3 Å². The Labute approximate surface area is 241 Å². The summed E-state index contributed by atoms with van der Waals surface area (Å²) in [7, 11) is 0. The summed E-state index contributed by atoms with van der Waals surface area (Å²) in [6.45, 7) is 0.685. The van der Waals surface area contributed by atoms with Crippen LogP contribution in [-0.2, 0) is 20.9 Å². The van der Waals surface area contributed by atoms with E-state index in [4.69, 9.17) is 9.47 Å². The first-order chi connectivity index (χ1) is 20.4. The molecule has 0 spiro atoms. The molecule has 0 saturated carbocycles. The van der Waals surface area contributed by atoms with Gasteiger partial charge in [0.05, 0.1) is 30.7 Å². The Hall–Kier alpha value is -4.87. The normalized spacial score (nSPS) is 14.7. The van der Waals surface area contributed by atoms with Crippen LogP contribution in [0.1, 0.15) is 41.6 Å². The van der Waals surface area contributed by atoms with Crippen LogP contribution in [0, 0.1) is 5.82 Å². The fraction of sp³-hybridized carbons (Fsp3) is 0.226. The fourth-order valence-electron chi connectivity index (χ4n) is 4.70. The van der Waals surface area contributed by atoms with Gasteiger partial charge in [0.15, 0.2) is 12.1 Å². The number of imidazole rings is 1. The predicted molar refractivity (Wildman–Crippen MR) is 153 cm³/mol. The van der Waals surface area contributed by atoms with Gasteiger partial charge < -0.3 is 24.5 Å². The van der Waals surface area contributed by atoms with Crippen LogP contribution >= 0.6 is 0 Å². The zero-order valence-electron chi connectivity index (χ0n) is 22.6. The largest absolute Gasteiger partial charge is 0.465 e. The molecule has 1 saturated heterocycles. The lowest BCUT2D eigenvalue weighted by atomic mass is 9.97. The number of carbonyl (C=O) groups excluding carboxylic acids is 2. The number of nitrogens with zero attached hydrogens (tertiary/aromatic N) is 2. The molecule has 10 nitrogen and oxygen atoms in total. The third-order valence-corrected chi connectivity index (χ3v) is 6.77. The molecule has 1 unspecified atom stereocenters. The van der Waals surface area contributed by atoms with Crippen molar-refractivity contribution in [1.82, 2.24) is 9.55 Å². The summed E-state index contributed by atoms with van der Waals surface area (Å²) >= 11 is 0. The van der Waals surface area contributed by atoms with Gasteiger partial charge in [0.25, 0.3) is 0 Å². The molecule has 2 heterocycles. The minimum atomic E-state index is -1.34. The number of hydrogen-bond acceptors (Lipinski definition) is 6. The number of rotatable bonds is 10. The quantitative estimate of drug-likeness (QED) is 0.156. The summed E-state index contributed by atoms with van der Waals surface area (Å²) in [6.07, 6.45) is 5.41. The Morgan fingerprint density at radius 1 is 1.05 bits per heavy atom. The van der Waals surface area contributed by atoms with Crippen molar-refractivity contribution in [3.8, 4) is 16.8 Å². The van der Waals surface area contributed by atoms with Crippen molar-refractivity contribution in [3.05, 3.63) is 96.3 Å². The van der Waals surface area contributed by atoms with Gasteiger partial charge in [-0.25, -0.2) is 14.2 Å². The predicted octanol–water partition coefficient (Wildman–Crippen LogP) is 6.02. The molecule has 1 aliphatic heterocycles. The van der Waals surface area contributed by atoms with Crippen LogP contribution in [0.2, 0.25) is 0 Å². The molecular formula is C31H29FN4O6. The van der Waals surface area contributed by atoms with Crippen molar-refractivity contribution >= 4 is 29.2 Å². The van der Waals surface area contributed by atoms with Gasteiger partial charge in [-0.2, -0.15) is 0 Å². The second-order valence-corrected chi connectivity index (χ2v) is 9.77. The Kier molecular flexibility index (Phi) is 9.00. The van der Waals surface area contributed by atoms with Crippen LogP contribution < -0.4 is 10.6 Å². The number of aromatic nitrogens is 2. The highest BCUT2D eigenvalue weighted by Crippen LogP contribution is 2.34. The van der Waals surface area contributed by atoms with Crippen molar-refractivity contribution < 1.29 is 33.4 Å². The maximum Gasteiger partial charge on any atom is 0.409 e. The second-order valence-electron chi connectivity index (χ2n) is 9.77. The highest BCUT2D eigenvalue weighted by Gasteiger charge is 2.20. The van der Waals surface area contributed by atoms with Crippen LogP contribution in [0.3, 0.4) is 0 Å². The minimum Gasteiger partial charge on any atom is -0.465 e. The molecule has 5 rings (SSSR count). The Morgan fingerprint density at radius 2 is 1.86 bits per heavy atom. The monoisotopic (exact) mass is 572 g/mol. The number of nitrogens with one attached hydrogen (secondary N) is 2. The summed E-state index contributed by atoms with van der Waals surface area (Å²) in [5.74, 6) is -1.47. The lowest BCUT2D eigenvalue weighted by Crippen LogP contribution is -2.22. The van der Waals surface area contributed by atoms with Gasteiger partial charge in [0, 0.05) is 30.3 Å². The maximum absolute atomic E-state index is 13.7. The molecule has 216 valence electrons. The molecule has 3 N–H and O–H groups in total. The summed E-state index contributed by atoms with van der Waals surface area (Å²) in [6, 6.07) is 15.7. The summed E-state index contributed by atoms with van der Waals surface area (Å²) in [5.41, 5.74) is 3.11. The number of ether oxygens (including phenoxy) is 2. The fourth-order valence-corrected chi connectivity index (χ4v) is 4.70. The lowest BCUT2D eigenvalue weighted by molar-refractivity contribution is -0.168. The molecule has 42 heavy (non-hydrogen) atoms. The Bertz CT molecular complexity index is 1570. The number of ketones is 1. The standard InChI is InChI=1S/C31H29FN4O6/c32-23-9-7-20(8-10-23)25-16-27(26(35-31(39)40)15-22(25)18-42-30-6-1-2-13-41-30)34-29(38)17-28(37)21-4-3-5-24(14-21)36-12-11-33-19-36/h3-5,7-12,14-16,19,30,35H,1-2,6,13,17-18H2,(H,34,38)(H,39,40). The minimum absolute atomic E-state index is 0.0889. The van der Waals surface area contributed by atoms with Crippen molar-refractivity contribution in [2.45, 2.75) is 38.6 Å². The van der Waals surface area contributed by atoms with E-state index < -0.39 is 36.3 Å². The first kappa shape index (κ1) is 28.7. The number of benzene rings is 3. The van der Waals surface area contributed by atoms with Crippen molar-refractivity contribution in [2.24, 2.45) is 0 Å². The smallest absolute Gasteiger partial charge is 0.409 e. The molecule has 1 aromatic heterocycles. The third kappa shape index (κ3) is 7.25. The van der Waals surface area contributed by atoms with Gasteiger partial charge in [-0.15, -0.1) is 0 Å². The van der Waals surface area contributed by atoms with Crippen LogP contribution in [0.25, 0.3) is 16.8 Å². The summed E-state index contributed by atoms with van der Waals surface area (Å²) < 4.78 is 27.1. The highest BCUT2D eigenvalue weighted by molar-refractivity contribution is 6.12. The second kappa shape index (κ2) is 13.2. The van der Waals surface area contributed by atoms with Crippen molar-refractivity contribution in [3.63, 3.8) is 0 Å². The third-order valence-electron chi connectivity index (χ3n) is 6.77. The Morgan fingerprint density at radius 3 is 2.57 bits per heavy atom. The van der Waals surface area contributed by atoms with E-state index in [0.29, 0.717) is 34.5 Å². The number of carbonyl (C=O) groups is 3. The van der Waals surface area contributed by atoms with Gasteiger partial charge in [0.1, 0.15) is 5.82 Å². The Balaban J connectivity index is 1.40. The number of carboxylic acid groups (broad SMARTS) is 1. The zero-order valence-corrected chi connectivity index (χ0v) is 22.6. The van der Waals surface area contributed by atoms with Gasteiger partial charge in [-0.1, -0.05) is 24.3 Å². The summed E-state index contributed by atoms with van der Waals surface area (Å²) in [4.78, 5) is 41.7. The summed E-state index contributed by atoms with van der Waals surface area (Å²) in [5, 5.41) is 14.5. The van der Waals surface area contributed by atoms with E-state index in [2.05, 4.69) is 15.6 Å². The number of halogens is 1. The zero-order chi connectivity index (χ0) is 29.5. The molecule has 0 radical (unpaired) electrons. The average molecular weight is 573 g/mol. The highest BCUT2D eigenvalue weighted by atomic mass is 19.1. The van der Waals surface area contributed by atoms with Crippen LogP contribution in [0.4, 0.5) is 20.6 Å². The van der Waals surface area contributed by atoms with E-state index >= 15 is 0 Å².